The molecule has 0 spiro atoms. The average Bonchev–Trinajstić information content (AvgIpc) is 2.67. The summed E-state index contributed by atoms with van der Waals surface area (Å²) in [5.74, 6) is -2.55. The number of hydrogen-bond donors (Lipinski definition) is 1. The molecule has 1 fully saturated rings. The monoisotopic (exact) mass is 427 g/mol. The molecular weight excluding hydrogens is 411 g/mol. The molecule has 1 N–H and O–H groups in total. The van der Waals surface area contributed by atoms with E-state index in [0.717, 1.165) is 31.4 Å². The predicted octanol–water partition coefficient (Wildman–Crippen LogP) is 5.23. The molecule has 3 rings (SSSR count). The molecule has 0 aromatic heterocycles. The first kappa shape index (κ1) is 21.0. The zero-order valence-corrected chi connectivity index (χ0v) is 15.9. The van der Waals surface area contributed by atoms with Crippen LogP contribution in [0.15, 0.2) is 36.4 Å². The van der Waals surface area contributed by atoms with E-state index in [2.05, 4.69) is 4.74 Å². The molecule has 1 saturated heterocycles. The minimum absolute atomic E-state index is 0.179. The molecule has 0 bridgehead atoms. The van der Waals surface area contributed by atoms with Gasteiger partial charge in [0.25, 0.3) is 5.91 Å². The highest BCUT2D eigenvalue weighted by atomic mass is 35.5. The van der Waals surface area contributed by atoms with Gasteiger partial charge in [-0.3, -0.25) is 4.79 Å². The second-order valence-electron chi connectivity index (χ2n) is 6.61. The van der Waals surface area contributed by atoms with Gasteiger partial charge in [0.15, 0.2) is 0 Å². The number of aromatic carboxylic acids is 1. The largest absolute Gasteiger partial charge is 0.573 e. The van der Waals surface area contributed by atoms with Crippen molar-refractivity contribution in [3.63, 3.8) is 0 Å². The number of carbonyl (C=O) groups is 2. The van der Waals surface area contributed by atoms with Crippen molar-refractivity contribution in [1.29, 1.82) is 0 Å². The Morgan fingerprint density at radius 1 is 0.966 bits per heavy atom. The number of piperidine rings is 1. The van der Waals surface area contributed by atoms with Crippen LogP contribution in [0.1, 0.15) is 40.0 Å². The smallest absolute Gasteiger partial charge is 0.478 e. The number of rotatable bonds is 4. The summed E-state index contributed by atoms with van der Waals surface area (Å²) in [5, 5.41) is 9.41. The van der Waals surface area contributed by atoms with Crippen molar-refractivity contribution in [2.45, 2.75) is 25.6 Å². The average molecular weight is 428 g/mol. The highest BCUT2D eigenvalue weighted by Crippen LogP contribution is 2.32. The van der Waals surface area contributed by atoms with Crippen LogP contribution in [0, 0.1) is 0 Å². The third kappa shape index (κ3) is 5.00. The Kier molecular flexibility index (Phi) is 6.02. The Bertz CT molecular complexity index is 940. The van der Waals surface area contributed by atoms with Crippen LogP contribution in [0.2, 0.25) is 5.02 Å². The Morgan fingerprint density at radius 2 is 1.59 bits per heavy atom. The minimum atomic E-state index is -5.01. The van der Waals surface area contributed by atoms with Crippen molar-refractivity contribution in [2.24, 2.45) is 0 Å². The van der Waals surface area contributed by atoms with Gasteiger partial charge in [0.05, 0.1) is 10.6 Å². The summed E-state index contributed by atoms with van der Waals surface area (Å²) in [5.41, 5.74) is 0.485. The zero-order valence-electron chi connectivity index (χ0n) is 15.1. The zero-order chi connectivity index (χ0) is 21.2. The summed E-state index contributed by atoms with van der Waals surface area (Å²) in [7, 11) is 0. The summed E-state index contributed by atoms with van der Waals surface area (Å²) in [6, 6.07) is 7.91. The summed E-state index contributed by atoms with van der Waals surface area (Å²) < 4.78 is 41.2. The number of benzene rings is 2. The molecule has 5 nitrogen and oxygen atoms in total. The van der Waals surface area contributed by atoms with E-state index in [1.807, 2.05) is 0 Å². The summed E-state index contributed by atoms with van der Waals surface area (Å²) in [4.78, 5) is 25.7. The maximum Gasteiger partial charge on any atom is 0.573 e. The summed E-state index contributed by atoms with van der Waals surface area (Å²) in [6.07, 6.45) is -2.06. The third-order valence-corrected chi connectivity index (χ3v) is 4.92. The van der Waals surface area contributed by atoms with E-state index < -0.39 is 23.6 Å². The Morgan fingerprint density at radius 3 is 2.17 bits per heavy atom. The number of nitrogens with zero attached hydrogens (tertiary/aromatic N) is 1. The Balaban J connectivity index is 1.90. The maximum absolute atomic E-state index is 12.6. The quantitative estimate of drug-likeness (QED) is 0.725. The predicted molar refractivity (Wildman–Crippen MR) is 100 cm³/mol. The van der Waals surface area contributed by atoms with E-state index in [4.69, 9.17) is 11.6 Å². The molecule has 1 heterocycles. The van der Waals surface area contributed by atoms with Crippen LogP contribution in [0.25, 0.3) is 11.1 Å². The van der Waals surface area contributed by atoms with Gasteiger partial charge in [-0.2, -0.15) is 0 Å². The molecule has 1 aliphatic rings. The van der Waals surface area contributed by atoms with Crippen LogP contribution in [0.5, 0.6) is 5.75 Å². The topological polar surface area (TPSA) is 66.8 Å². The van der Waals surface area contributed by atoms with Crippen molar-refractivity contribution in [3.05, 3.63) is 52.5 Å². The van der Waals surface area contributed by atoms with Crippen LogP contribution in [0.3, 0.4) is 0 Å². The second kappa shape index (κ2) is 8.32. The molecule has 29 heavy (non-hydrogen) atoms. The van der Waals surface area contributed by atoms with Gasteiger partial charge < -0.3 is 14.7 Å². The lowest BCUT2D eigenvalue weighted by atomic mass is 10.0. The lowest BCUT2D eigenvalue weighted by Gasteiger charge is -2.27. The third-order valence-electron chi connectivity index (χ3n) is 4.61. The van der Waals surface area contributed by atoms with E-state index in [1.165, 1.54) is 18.2 Å². The van der Waals surface area contributed by atoms with Gasteiger partial charge in [-0.15, -0.1) is 13.2 Å². The number of hydrogen-bond acceptors (Lipinski definition) is 3. The van der Waals surface area contributed by atoms with E-state index in [9.17, 15) is 27.9 Å². The molecule has 2 aromatic carbocycles. The number of ether oxygens (including phenoxy) is 1. The number of amides is 1. The molecule has 9 heteroatoms. The van der Waals surface area contributed by atoms with Gasteiger partial charge in [0.2, 0.25) is 0 Å². The summed E-state index contributed by atoms with van der Waals surface area (Å²) >= 11 is 6.28. The van der Waals surface area contributed by atoms with E-state index in [-0.39, 0.29) is 10.9 Å². The normalized spacial score (nSPS) is 14.6. The van der Waals surface area contributed by atoms with Gasteiger partial charge in [-0.05, 0) is 54.7 Å². The fraction of sp³-hybridized carbons (Fsp3) is 0.300. The van der Waals surface area contributed by atoms with Crippen LogP contribution < -0.4 is 4.74 Å². The second-order valence-corrected chi connectivity index (χ2v) is 7.02. The fourth-order valence-corrected chi connectivity index (χ4v) is 3.49. The fourth-order valence-electron chi connectivity index (χ4n) is 3.23. The van der Waals surface area contributed by atoms with E-state index >= 15 is 0 Å². The molecular formula is C20H17ClF3NO4. The van der Waals surface area contributed by atoms with Crippen molar-refractivity contribution < 1.29 is 32.6 Å². The van der Waals surface area contributed by atoms with Crippen LogP contribution in [0.4, 0.5) is 13.2 Å². The van der Waals surface area contributed by atoms with Gasteiger partial charge in [0.1, 0.15) is 11.3 Å². The number of carboxylic acid groups (broad SMARTS) is 1. The first-order chi connectivity index (χ1) is 13.7. The highest BCUT2D eigenvalue weighted by molar-refractivity contribution is 6.34. The van der Waals surface area contributed by atoms with Crippen molar-refractivity contribution in [3.8, 4) is 16.9 Å². The highest BCUT2D eigenvalue weighted by Gasteiger charge is 2.33. The molecule has 154 valence electrons. The molecule has 1 amide bonds. The van der Waals surface area contributed by atoms with E-state index in [0.29, 0.717) is 29.8 Å². The van der Waals surface area contributed by atoms with Crippen molar-refractivity contribution >= 4 is 23.5 Å². The van der Waals surface area contributed by atoms with Gasteiger partial charge >= 0.3 is 12.3 Å². The molecule has 2 aromatic rings. The molecule has 0 radical (unpaired) electrons. The van der Waals surface area contributed by atoms with Crippen LogP contribution in [-0.4, -0.2) is 41.3 Å². The maximum atomic E-state index is 12.6. The van der Waals surface area contributed by atoms with Gasteiger partial charge in [0, 0.05) is 13.1 Å². The molecule has 0 unspecified atom stereocenters. The van der Waals surface area contributed by atoms with E-state index in [1.54, 1.807) is 11.0 Å². The van der Waals surface area contributed by atoms with Gasteiger partial charge in [-0.25, -0.2) is 4.79 Å². The van der Waals surface area contributed by atoms with Crippen LogP contribution >= 0.6 is 11.6 Å². The lowest BCUT2D eigenvalue weighted by molar-refractivity contribution is -0.274. The van der Waals surface area contributed by atoms with Crippen molar-refractivity contribution in [1.82, 2.24) is 4.90 Å². The standard InChI is InChI=1S/C20H17ClF3NO4/c21-16-11-13(4-6-14(16)18(26)25-8-2-1-3-9-25)12-5-7-17(29-20(22,23)24)15(10-12)19(27)28/h4-7,10-11H,1-3,8-9H2,(H,27,28). The molecule has 0 saturated carbocycles. The molecule has 0 aliphatic carbocycles. The summed E-state index contributed by atoms with van der Waals surface area (Å²) in [6.45, 7) is 1.33. The number of halogens is 4. The van der Waals surface area contributed by atoms with Crippen molar-refractivity contribution in [2.75, 3.05) is 13.1 Å². The number of carboxylic acids is 1. The first-order valence-corrected chi connectivity index (χ1v) is 9.26. The first-order valence-electron chi connectivity index (χ1n) is 8.88. The number of carbonyl (C=O) groups excluding carboxylic acids is 1. The number of alkyl halides is 3. The molecule has 1 aliphatic heterocycles. The van der Waals surface area contributed by atoms with Crippen LogP contribution in [-0.2, 0) is 0 Å². The Hall–Kier alpha value is -2.74. The SMILES string of the molecule is O=C(O)c1cc(-c2ccc(C(=O)N3CCCCC3)c(Cl)c2)ccc1OC(F)(F)F. The lowest BCUT2D eigenvalue weighted by Crippen LogP contribution is -2.35. The van der Waals surface area contributed by atoms with Gasteiger partial charge in [-0.1, -0.05) is 23.7 Å². The number of likely N-dealkylation sites (tertiary alicyclic amines) is 1. The molecule has 0 atom stereocenters. The minimum Gasteiger partial charge on any atom is -0.478 e. The Labute approximate surface area is 169 Å².